The van der Waals surface area contributed by atoms with Crippen LogP contribution in [0.25, 0.3) is 0 Å². The van der Waals surface area contributed by atoms with Gasteiger partial charge in [-0.05, 0) is 48.4 Å². The van der Waals surface area contributed by atoms with E-state index in [1.54, 1.807) is 0 Å². The molecule has 0 saturated heterocycles. The molecular weight excluding hydrogens is 298 g/mol. The Hall–Kier alpha value is -1.41. The molecule has 1 nitrogen and oxygen atoms in total. The van der Waals surface area contributed by atoms with Crippen LogP contribution in [0.15, 0.2) is 58.3 Å². The second kappa shape index (κ2) is 7.00. The van der Waals surface area contributed by atoms with Gasteiger partial charge in [-0.1, -0.05) is 63.7 Å². The Bertz CT molecular complexity index is 617. The van der Waals surface area contributed by atoms with Crippen molar-refractivity contribution in [3.05, 3.63) is 48.5 Å². The highest BCUT2D eigenvalue weighted by molar-refractivity contribution is 7.99. The van der Waals surface area contributed by atoms with Crippen LogP contribution in [0.2, 0.25) is 0 Å². The number of hydrogen-bond donors (Lipinski definition) is 0. The van der Waals surface area contributed by atoms with Gasteiger partial charge in [0, 0.05) is 16.3 Å². The van der Waals surface area contributed by atoms with Crippen molar-refractivity contribution in [1.29, 1.82) is 0 Å². The summed E-state index contributed by atoms with van der Waals surface area (Å²) in [4.78, 5) is 5.30. The van der Waals surface area contributed by atoms with E-state index in [0.717, 1.165) is 12.5 Å². The fourth-order valence-corrected chi connectivity index (χ4v) is 4.47. The summed E-state index contributed by atoms with van der Waals surface area (Å²) in [7, 11) is 0. The molecule has 122 valence electrons. The van der Waals surface area contributed by atoms with Crippen molar-refractivity contribution < 1.29 is 0 Å². The van der Waals surface area contributed by atoms with E-state index in [0.29, 0.717) is 11.8 Å². The number of para-hydroxylation sites is 2. The summed E-state index contributed by atoms with van der Waals surface area (Å²) in [6.45, 7) is 10.5. The van der Waals surface area contributed by atoms with Gasteiger partial charge in [-0.25, -0.2) is 0 Å². The SMILES string of the molecule is CC(C)CC(CN1c2ccccc2Sc2ccccc21)C(C)C. The summed E-state index contributed by atoms with van der Waals surface area (Å²) < 4.78 is 0. The zero-order valence-electron chi connectivity index (χ0n) is 14.6. The Morgan fingerprint density at radius 3 is 1.83 bits per heavy atom. The molecule has 1 aliphatic heterocycles. The van der Waals surface area contributed by atoms with Crippen LogP contribution in [-0.4, -0.2) is 6.54 Å². The van der Waals surface area contributed by atoms with Crippen molar-refractivity contribution in [3.8, 4) is 0 Å². The smallest absolute Gasteiger partial charge is 0.0552 e. The van der Waals surface area contributed by atoms with Gasteiger partial charge in [0.05, 0.1) is 11.4 Å². The summed E-state index contributed by atoms with van der Waals surface area (Å²) >= 11 is 1.89. The summed E-state index contributed by atoms with van der Waals surface area (Å²) in [5.41, 5.74) is 2.73. The summed E-state index contributed by atoms with van der Waals surface area (Å²) in [6.07, 6.45) is 1.28. The highest BCUT2D eigenvalue weighted by atomic mass is 32.2. The van der Waals surface area contributed by atoms with E-state index in [1.165, 1.54) is 27.6 Å². The molecule has 2 aromatic carbocycles. The summed E-state index contributed by atoms with van der Waals surface area (Å²) in [5, 5.41) is 0. The molecule has 0 aromatic heterocycles. The lowest BCUT2D eigenvalue weighted by molar-refractivity contribution is 0.323. The lowest BCUT2D eigenvalue weighted by Crippen LogP contribution is -2.30. The van der Waals surface area contributed by atoms with Crippen LogP contribution in [0.1, 0.15) is 34.1 Å². The van der Waals surface area contributed by atoms with Crippen molar-refractivity contribution in [3.63, 3.8) is 0 Å². The molecule has 0 aliphatic carbocycles. The van der Waals surface area contributed by atoms with Crippen molar-refractivity contribution in [2.75, 3.05) is 11.4 Å². The monoisotopic (exact) mass is 325 g/mol. The van der Waals surface area contributed by atoms with Gasteiger partial charge in [-0.2, -0.15) is 0 Å². The number of fused-ring (bicyclic) bond motifs is 2. The molecular formula is C21H27NS. The Morgan fingerprint density at radius 1 is 0.826 bits per heavy atom. The standard InChI is InChI=1S/C21H27NS/c1-15(2)13-17(16(3)4)14-22-18-9-5-7-11-20(18)23-21-12-8-6-10-19(21)22/h5-12,15-17H,13-14H2,1-4H3. The minimum Gasteiger partial charge on any atom is -0.339 e. The third kappa shape index (κ3) is 3.58. The Morgan fingerprint density at radius 2 is 1.35 bits per heavy atom. The highest BCUT2D eigenvalue weighted by Gasteiger charge is 2.26. The van der Waals surface area contributed by atoms with Gasteiger partial charge in [0.15, 0.2) is 0 Å². The second-order valence-corrected chi connectivity index (χ2v) is 8.37. The van der Waals surface area contributed by atoms with Gasteiger partial charge in [0.1, 0.15) is 0 Å². The number of anilines is 2. The van der Waals surface area contributed by atoms with Crippen LogP contribution in [0.4, 0.5) is 11.4 Å². The van der Waals surface area contributed by atoms with Crippen LogP contribution in [0.3, 0.4) is 0 Å². The maximum atomic E-state index is 2.55. The quantitative estimate of drug-likeness (QED) is 0.608. The summed E-state index contributed by atoms with van der Waals surface area (Å²) in [5.74, 6) is 2.15. The zero-order valence-corrected chi connectivity index (χ0v) is 15.4. The first-order valence-corrected chi connectivity index (χ1v) is 9.51. The van der Waals surface area contributed by atoms with Crippen LogP contribution < -0.4 is 4.90 Å². The fraction of sp³-hybridized carbons (Fsp3) is 0.429. The Labute approximate surface area is 145 Å². The first-order valence-electron chi connectivity index (χ1n) is 8.69. The van der Waals surface area contributed by atoms with E-state index < -0.39 is 0 Å². The van der Waals surface area contributed by atoms with Crippen molar-refractivity contribution in [2.45, 2.75) is 43.9 Å². The van der Waals surface area contributed by atoms with E-state index in [1.807, 2.05) is 11.8 Å². The van der Waals surface area contributed by atoms with Gasteiger partial charge in [0.2, 0.25) is 0 Å². The molecule has 0 N–H and O–H groups in total. The molecule has 0 spiro atoms. The molecule has 1 unspecified atom stereocenters. The largest absolute Gasteiger partial charge is 0.339 e. The Balaban J connectivity index is 1.97. The first kappa shape index (κ1) is 16.4. The predicted molar refractivity (Wildman–Crippen MR) is 102 cm³/mol. The third-order valence-corrected chi connectivity index (χ3v) is 5.80. The molecule has 1 heterocycles. The molecule has 1 atom stereocenters. The molecule has 23 heavy (non-hydrogen) atoms. The summed E-state index contributed by atoms with van der Waals surface area (Å²) in [6, 6.07) is 17.6. The zero-order chi connectivity index (χ0) is 16.4. The molecule has 2 heteroatoms. The maximum Gasteiger partial charge on any atom is 0.0552 e. The van der Waals surface area contributed by atoms with E-state index in [4.69, 9.17) is 0 Å². The minimum atomic E-state index is 0.700. The normalized spacial score (nSPS) is 14.8. The van der Waals surface area contributed by atoms with Crippen LogP contribution >= 0.6 is 11.8 Å². The second-order valence-electron chi connectivity index (χ2n) is 7.28. The molecule has 0 saturated carbocycles. The third-order valence-electron chi connectivity index (χ3n) is 4.67. The van der Waals surface area contributed by atoms with Gasteiger partial charge >= 0.3 is 0 Å². The van der Waals surface area contributed by atoms with Crippen LogP contribution in [-0.2, 0) is 0 Å². The minimum absolute atomic E-state index is 0.700. The van der Waals surface area contributed by atoms with E-state index in [2.05, 4.69) is 81.1 Å². The highest BCUT2D eigenvalue weighted by Crippen LogP contribution is 2.48. The van der Waals surface area contributed by atoms with Crippen LogP contribution in [0.5, 0.6) is 0 Å². The van der Waals surface area contributed by atoms with E-state index >= 15 is 0 Å². The lowest BCUT2D eigenvalue weighted by atomic mass is 9.87. The van der Waals surface area contributed by atoms with Gasteiger partial charge < -0.3 is 4.90 Å². The van der Waals surface area contributed by atoms with E-state index in [9.17, 15) is 0 Å². The van der Waals surface area contributed by atoms with E-state index in [-0.39, 0.29) is 0 Å². The van der Waals surface area contributed by atoms with Gasteiger partial charge in [0.25, 0.3) is 0 Å². The van der Waals surface area contributed by atoms with Crippen molar-refractivity contribution >= 4 is 23.1 Å². The molecule has 0 radical (unpaired) electrons. The van der Waals surface area contributed by atoms with Gasteiger partial charge in [-0.3, -0.25) is 0 Å². The molecule has 0 bridgehead atoms. The topological polar surface area (TPSA) is 3.24 Å². The van der Waals surface area contributed by atoms with Crippen molar-refractivity contribution in [1.82, 2.24) is 0 Å². The van der Waals surface area contributed by atoms with Crippen LogP contribution in [0, 0.1) is 17.8 Å². The number of hydrogen-bond acceptors (Lipinski definition) is 2. The number of rotatable bonds is 5. The molecule has 0 fully saturated rings. The maximum absolute atomic E-state index is 2.55. The molecule has 2 aromatic rings. The molecule has 3 rings (SSSR count). The fourth-order valence-electron chi connectivity index (χ4n) is 3.38. The molecule has 1 aliphatic rings. The number of nitrogens with zero attached hydrogens (tertiary/aromatic N) is 1. The first-order chi connectivity index (χ1) is 11.1. The Kier molecular flexibility index (Phi) is 5.01. The molecule has 0 amide bonds. The lowest BCUT2D eigenvalue weighted by Gasteiger charge is -2.37. The number of benzene rings is 2. The average molecular weight is 326 g/mol. The average Bonchev–Trinajstić information content (AvgIpc) is 2.53. The van der Waals surface area contributed by atoms with Crippen molar-refractivity contribution in [2.24, 2.45) is 17.8 Å². The predicted octanol–water partition coefficient (Wildman–Crippen LogP) is 6.61. The van der Waals surface area contributed by atoms with Gasteiger partial charge in [-0.15, -0.1) is 0 Å².